The number of allylic oxidation sites excluding steroid dienone is 1. The smallest absolute Gasteiger partial charge is 0.159 e. The third kappa shape index (κ3) is 4.72. The van der Waals surface area contributed by atoms with Crippen LogP contribution in [0.15, 0.2) is 59.8 Å². The molecule has 4 aromatic heterocycles. The molecule has 0 bridgehead atoms. The molecular formula is C22H18ClN5S. The lowest BCUT2D eigenvalue weighted by atomic mass is 10.1. The van der Waals surface area contributed by atoms with E-state index in [9.17, 15) is 0 Å². The summed E-state index contributed by atoms with van der Waals surface area (Å²) in [7, 11) is 0. The molecule has 29 heavy (non-hydrogen) atoms. The number of hydrogen-bond acceptors (Lipinski definition) is 6. The molecule has 0 aliphatic carbocycles. The first-order valence-corrected chi connectivity index (χ1v) is 10.5. The van der Waals surface area contributed by atoms with Gasteiger partial charge in [-0.15, -0.1) is 11.3 Å². The molecule has 0 saturated carbocycles. The highest BCUT2D eigenvalue weighted by Crippen LogP contribution is 2.27. The van der Waals surface area contributed by atoms with Gasteiger partial charge in [0.05, 0.1) is 5.69 Å². The van der Waals surface area contributed by atoms with Gasteiger partial charge < -0.3 is 0 Å². The van der Waals surface area contributed by atoms with Gasteiger partial charge in [-0.25, -0.2) is 24.9 Å². The molecule has 0 radical (unpaired) electrons. The number of aromatic nitrogens is 5. The number of rotatable bonds is 6. The number of halogens is 1. The Morgan fingerprint density at radius 1 is 1.10 bits per heavy atom. The number of aryl methyl sites for hydroxylation is 2. The van der Waals surface area contributed by atoms with Gasteiger partial charge in [-0.1, -0.05) is 17.7 Å². The van der Waals surface area contributed by atoms with Gasteiger partial charge >= 0.3 is 0 Å². The molecule has 0 N–H and O–H groups in total. The van der Waals surface area contributed by atoms with Crippen molar-refractivity contribution in [2.24, 2.45) is 0 Å². The molecule has 7 heteroatoms. The van der Waals surface area contributed by atoms with Gasteiger partial charge in [0, 0.05) is 51.7 Å². The maximum Gasteiger partial charge on any atom is 0.159 e. The summed E-state index contributed by atoms with van der Waals surface area (Å²) in [5, 5.41) is 3.91. The second-order valence-corrected chi connectivity index (χ2v) is 7.49. The summed E-state index contributed by atoms with van der Waals surface area (Å²) < 4.78 is 0. The molecule has 0 unspecified atom stereocenters. The van der Waals surface area contributed by atoms with Gasteiger partial charge in [0.15, 0.2) is 5.65 Å². The minimum atomic E-state index is 0.724. The Kier molecular flexibility index (Phi) is 6.03. The normalized spacial score (nSPS) is 12.1. The van der Waals surface area contributed by atoms with Gasteiger partial charge in [-0.05, 0) is 50.1 Å². The molecule has 0 fully saturated rings. The number of fused-ring (bicyclic) bond motifs is 1. The molecule has 4 heterocycles. The first-order chi connectivity index (χ1) is 14.2. The second kappa shape index (κ2) is 9.03. The highest BCUT2D eigenvalue weighted by molar-refractivity contribution is 7.11. The highest BCUT2D eigenvalue weighted by Gasteiger charge is 2.10. The third-order valence-corrected chi connectivity index (χ3v) is 5.44. The Balaban J connectivity index is 1.40. The maximum atomic E-state index is 6.04. The Morgan fingerprint density at radius 3 is 2.79 bits per heavy atom. The highest BCUT2D eigenvalue weighted by atomic mass is 35.5. The lowest BCUT2D eigenvalue weighted by Crippen LogP contribution is -1.92. The van der Waals surface area contributed by atoms with Crippen LogP contribution in [0, 0.1) is 6.92 Å². The zero-order chi connectivity index (χ0) is 20.1. The van der Waals surface area contributed by atoms with Crippen LogP contribution >= 0.6 is 22.9 Å². The summed E-state index contributed by atoms with van der Waals surface area (Å²) in [5.74, 6) is 0.724. The van der Waals surface area contributed by atoms with E-state index in [0.717, 1.165) is 57.2 Å². The Morgan fingerprint density at radius 2 is 1.97 bits per heavy atom. The van der Waals surface area contributed by atoms with Crippen LogP contribution in [0.1, 0.15) is 34.2 Å². The lowest BCUT2D eigenvalue weighted by molar-refractivity contribution is 0.953. The molecule has 0 aliphatic rings. The fourth-order valence-corrected chi connectivity index (χ4v) is 3.94. The van der Waals surface area contributed by atoms with Crippen molar-refractivity contribution in [3.63, 3.8) is 0 Å². The van der Waals surface area contributed by atoms with Crippen molar-refractivity contribution in [1.82, 2.24) is 24.9 Å². The van der Waals surface area contributed by atoms with Crippen molar-refractivity contribution in [3.8, 4) is 0 Å². The molecular weight excluding hydrogens is 402 g/mol. The summed E-state index contributed by atoms with van der Waals surface area (Å²) in [6.07, 6.45) is 11.2. The lowest BCUT2D eigenvalue weighted by Gasteiger charge is -2.02. The van der Waals surface area contributed by atoms with Gasteiger partial charge in [0.25, 0.3) is 0 Å². The van der Waals surface area contributed by atoms with Crippen LogP contribution in [0.25, 0.3) is 22.7 Å². The van der Waals surface area contributed by atoms with E-state index >= 15 is 0 Å². The zero-order valence-corrected chi connectivity index (χ0v) is 17.4. The van der Waals surface area contributed by atoms with E-state index in [4.69, 9.17) is 11.6 Å². The summed E-state index contributed by atoms with van der Waals surface area (Å²) in [4.78, 5) is 22.0. The predicted molar refractivity (Wildman–Crippen MR) is 119 cm³/mol. The Hall–Kier alpha value is -2.96. The quantitative estimate of drug-likeness (QED) is 0.415. The van der Waals surface area contributed by atoms with Gasteiger partial charge in [-0.2, -0.15) is 0 Å². The van der Waals surface area contributed by atoms with Crippen LogP contribution < -0.4 is 0 Å². The second-order valence-electron chi connectivity index (χ2n) is 6.41. The van der Waals surface area contributed by atoms with Crippen molar-refractivity contribution < 1.29 is 0 Å². The van der Waals surface area contributed by atoms with Crippen LogP contribution in [0.3, 0.4) is 0 Å². The monoisotopic (exact) mass is 419 g/mol. The van der Waals surface area contributed by atoms with Crippen LogP contribution in [-0.2, 0) is 6.42 Å². The molecule has 0 saturated heterocycles. The largest absolute Gasteiger partial charge is 0.241 e. The fraction of sp³-hybridized carbons (Fsp3) is 0.136. The molecule has 0 aromatic carbocycles. The average molecular weight is 420 g/mol. The number of nitrogens with zero attached hydrogens (tertiary/aromatic N) is 5. The summed E-state index contributed by atoms with van der Waals surface area (Å²) >= 11 is 7.59. The van der Waals surface area contributed by atoms with E-state index in [0.29, 0.717) is 0 Å². The van der Waals surface area contributed by atoms with Crippen molar-refractivity contribution in [2.45, 2.75) is 19.8 Å². The number of thiazole rings is 1. The van der Waals surface area contributed by atoms with Gasteiger partial charge in [0.1, 0.15) is 10.8 Å². The fourth-order valence-electron chi connectivity index (χ4n) is 2.82. The Bertz CT molecular complexity index is 1180. The van der Waals surface area contributed by atoms with E-state index < -0.39 is 0 Å². The van der Waals surface area contributed by atoms with Crippen LogP contribution in [0.4, 0.5) is 0 Å². The number of hydrogen-bond donors (Lipinski definition) is 0. The van der Waals surface area contributed by atoms with E-state index in [-0.39, 0.29) is 0 Å². The number of pyridine rings is 2. The van der Waals surface area contributed by atoms with Crippen molar-refractivity contribution in [2.75, 3.05) is 0 Å². The van der Waals surface area contributed by atoms with Crippen molar-refractivity contribution >= 4 is 45.6 Å². The zero-order valence-electron chi connectivity index (χ0n) is 15.8. The van der Waals surface area contributed by atoms with Crippen LogP contribution in [0.5, 0.6) is 0 Å². The first kappa shape index (κ1) is 19.4. The van der Waals surface area contributed by atoms with Crippen LogP contribution in [-0.4, -0.2) is 24.9 Å². The predicted octanol–water partition coefficient (Wildman–Crippen LogP) is 5.46. The topological polar surface area (TPSA) is 64.5 Å². The molecule has 0 spiro atoms. The first-order valence-electron chi connectivity index (χ1n) is 9.15. The van der Waals surface area contributed by atoms with E-state index in [1.165, 1.54) is 5.54 Å². The minimum absolute atomic E-state index is 0.724. The van der Waals surface area contributed by atoms with Gasteiger partial charge in [0.2, 0.25) is 0 Å². The SMILES string of the molecule is Cc1ncc(/C(=C\Cl)c2nc(/C=C/CCc3ccc4cccnc4n3)cs2)cn1. The summed E-state index contributed by atoms with van der Waals surface area (Å²) in [6.45, 7) is 1.85. The van der Waals surface area contributed by atoms with Crippen molar-refractivity contribution in [1.29, 1.82) is 0 Å². The van der Waals surface area contributed by atoms with Crippen LogP contribution in [0.2, 0.25) is 0 Å². The molecule has 4 rings (SSSR count). The standard InChI is InChI=1S/C22H18ClN5S/c1-15-25-12-17(13-26-15)20(11-23)22-28-19(14-29-22)7-3-2-6-18-9-8-16-5-4-10-24-21(16)27-18/h3-5,7-14H,2,6H2,1H3/b7-3+,20-11+. The molecule has 144 valence electrons. The maximum absolute atomic E-state index is 6.04. The molecule has 0 amide bonds. The van der Waals surface area contributed by atoms with E-state index in [1.54, 1.807) is 29.9 Å². The molecule has 4 aromatic rings. The molecule has 0 atom stereocenters. The summed E-state index contributed by atoms with van der Waals surface area (Å²) in [5.41, 5.74) is 5.93. The molecule has 5 nitrogen and oxygen atoms in total. The summed E-state index contributed by atoms with van der Waals surface area (Å²) in [6, 6.07) is 8.06. The van der Waals surface area contributed by atoms with Crippen molar-refractivity contribution in [3.05, 3.63) is 87.6 Å². The van der Waals surface area contributed by atoms with Gasteiger partial charge in [-0.3, -0.25) is 0 Å². The third-order valence-electron chi connectivity index (χ3n) is 4.33. The Labute approximate surface area is 177 Å². The molecule has 0 aliphatic heterocycles. The average Bonchev–Trinajstić information content (AvgIpc) is 3.21. The van der Waals surface area contributed by atoms with E-state index in [2.05, 4.69) is 43.1 Å². The van der Waals surface area contributed by atoms with E-state index in [1.807, 2.05) is 30.5 Å². The minimum Gasteiger partial charge on any atom is -0.241 e.